The molecule has 0 aromatic heterocycles. The third kappa shape index (κ3) is 6.44. The Labute approximate surface area is 160 Å². The summed E-state index contributed by atoms with van der Waals surface area (Å²) in [5, 5.41) is 2.68. The van der Waals surface area contributed by atoms with E-state index < -0.39 is 12.0 Å². The maximum Gasteiger partial charge on any atom is 0.328 e. The summed E-state index contributed by atoms with van der Waals surface area (Å²) in [5.41, 5.74) is 2.18. The summed E-state index contributed by atoms with van der Waals surface area (Å²) in [4.78, 5) is 24.2. The molecule has 0 spiro atoms. The van der Waals surface area contributed by atoms with E-state index in [0.717, 1.165) is 5.56 Å². The summed E-state index contributed by atoms with van der Waals surface area (Å²) in [5.74, 6) is -0.251. The average Bonchev–Trinajstić information content (AvgIpc) is 2.65. The van der Waals surface area contributed by atoms with Crippen molar-refractivity contribution in [1.82, 2.24) is 5.32 Å². The minimum atomic E-state index is -0.753. The van der Waals surface area contributed by atoms with Crippen LogP contribution in [0.5, 0.6) is 5.75 Å². The number of ether oxygens (including phenoxy) is 2. The molecule has 0 unspecified atom stereocenters. The fourth-order valence-electron chi connectivity index (χ4n) is 2.62. The largest absolute Gasteiger partial charge is 0.484 e. The third-order valence-corrected chi connectivity index (χ3v) is 4.19. The Morgan fingerprint density at radius 3 is 2.19 bits per heavy atom. The minimum Gasteiger partial charge on any atom is -0.484 e. The molecule has 0 saturated heterocycles. The zero-order valence-corrected chi connectivity index (χ0v) is 16.3. The van der Waals surface area contributed by atoms with Gasteiger partial charge < -0.3 is 14.8 Å². The quantitative estimate of drug-likeness (QED) is 0.761. The average molecular weight is 369 g/mol. The normalized spacial score (nSPS) is 12.1. The van der Waals surface area contributed by atoms with Crippen LogP contribution in [0, 0.1) is 0 Å². The third-order valence-electron chi connectivity index (χ3n) is 4.19. The van der Waals surface area contributed by atoms with Crippen LogP contribution in [0.1, 0.15) is 31.9 Å². The highest BCUT2D eigenvalue weighted by atomic mass is 16.5. The van der Waals surface area contributed by atoms with Crippen LogP contribution in [0.2, 0.25) is 0 Å². The van der Waals surface area contributed by atoms with Gasteiger partial charge in [0.2, 0.25) is 0 Å². The number of nitrogens with one attached hydrogen (secondary N) is 1. The molecule has 0 aliphatic rings. The van der Waals surface area contributed by atoms with E-state index in [4.69, 9.17) is 9.47 Å². The zero-order chi connectivity index (χ0) is 19.9. The van der Waals surface area contributed by atoms with Gasteiger partial charge >= 0.3 is 5.97 Å². The second-order valence-corrected chi connectivity index (χ2v) is 7.40. The van der Waals surface area contributed by atoms with Crippen molar-refractivity contribution in [3.63, 3.8) is 0 Å². The Morgan fingerprint density at radius 2 is 1.63 bits per heavy atom. The second kappa shape index (κ2) is 9.21. The molecule has 2 aromatic carbocycles. The van der Waals surface area contributed by atoms with Crippen LogP contribution < -0.4 is 10.1 Å². The van der Waals surface area contributed by atoms with Crippen LogP contribution in [0.4, 0.5) is 0 Å². The fourth-order valence-corrected chi connectivity index (χ4v) is 2.62. The van der Waals surface area contributed by atoms with Crippen molar-refractivity contribution in [3.05, 3.63) is 65.7 Å². The lowest BCUT2D eigenvalue weighted by molar-refractivity contribution is -0.145. The SMILES string of the molecule is COC(=O)[C@@H](Cc1ccccc1)NC(=O)COc1ccc(C(C)(C)C)cc1. The lowest BCUT2D eigenvalue weighted by Crippen LogP contribution is -2.44. The fraction of sp³-hybridized carbons (Fsp3) is 0.364. The maximum atomic E-state index is 12.2. The highest BCUT2D eigenvalue weighted by Gasteiger charge is 2.22. The lowest BCUT2D eigenvalue weighted by atomic mass is 9.87. The van der Waals surface area contributed by atoms with Crippen molar-refractivity contribution < 1.29 is 19.1 Å². The molecule has 27 heavy (non-hydrogen) atoms. The molecule has 5 nitrogen and oxygen atoms in total. The van der Waals surface area contributed by atoms with E-state index in [1.54, 1.807) is 0 Å². The predicted octanol–water partition coefficient (Wildman–Crippen LogP) is 3.26. The van der Waals surface area contributed by atoms with E-state index in [-0.39, 0.29) is 17.9 Å². The molecule has 0 aliphatic carbocycles. The molecule has 1 N–H and O–H groups in total. The number of carbonyl (C=O) groups excluding carboxylic acids is 2. The van der Waals surface area contributed by atoms with Crippen LogP contribution in [-0.4, -0.2) is 31.6 Å². The van der Waals surface area contributed by atoms with E-state index in [1.807, 2.05) is 54.6 Å². The van der Waals surface area contributed by atoms with Gasteiger partial charge in [0.15, 0.2) is 6.61 Å². The summed E-state index contributed by atoms with van der Waals surface area (Å²) >= 11 is 0. The maximum absolute atomic E-state index is 12.2. The highest BCUT2D eigenvalue weighted by Crippen LogP contribution is 2.24. The Morgan fingerprint density at radius 1 is 1.00 bits per heavy atom. The van der Waals surface area contributed by atoms with Gasteiger partial charge in [-0.1, -0.05) is 63.2 Å². The molecule has 2 rings (SSSR count). The molecular weight excluding hydrogens is 342 g/mol. The summed E-state index contributed by atoms with van der Waals surface area (Å²) in [7, 11) is 1.31. The van der Waals surface area contributed by atoms with Gasteiger partial charge in [-0.3, -0.25) is 4.79 Å². The molecular formula is C22H27NO4. The first-order valence-electron chi connectivity index (χ1n) is 8.94. The van der Waals surface area contributed by atoms with Gasteiger partial charge in [0.05, 0.1) is 7.11 Å². The zero-order valence-electron chi connectivity index (χ0n) is 16.3. The van der Waals surface area contributed by atoms with Crippen molar-refractivity contribution in [3.8, 4) is 5.75 Å². The van der Waals surface area contributed by atoms with Crippen molar-refractivity contribution in [2.75, 3.05) is 13.7 Å². The Kier molecular flexibility index (Phi) is 6.99. The van der Waals surface area contributed by atoms with Gasteiger partial charge in [-0.15, -0.1) is 0 Å². The number of rotatable bonds is 7. The first kappa shape index (κ1) is 20.5. The van der Waals surface area contributed by atoms with Crippen molar-refractivity contribution in [1.29, 1.82) is 0 Å². The molecule has 2 aromatic rings. The van der Waals surface area contributed by atoms with E-state index in [2.05, 4.69) is 26.1 Å². The second-order valence-electron chi connectivity index (χ2n) is 7.40. The molecule has 1 amide bonds. The van der Waals surface area contributed by atoms with Crippen LogP contribution >= 0.6 is 0 Å². The summed E-state index contributed by atoms with van der Waals surface area (Å²) in [6.45, 7) is 6.24. The molecule has 1 atom stereocenters. The van der Waals surface area contributed by atoms with Gasteiger partial charge in [-0.25, -0.2) is 4.79 Å². The van der Waals surface area contributed by atoms with Gasteiger partial charge in [0.25, 0.3) is 5.91 Å². The van der Waals surface area contributed by atoms with Crippen LogP contribution in [-0.2, 0) is 26.2 Å². The molecule has 0 aliphatic heterocycles. The van der Waals surface area contributed by atoms with Crippen LogP contribution in [0.3, 0.4) is 0 Å². The van der Waals surface area contributed by atoms with Gasteiger partial charge in [-0.2, -0.15) is 0 Å². The van der Waals surface area contributed by atoms with E-state index in [1.165, 1.54) is 12.7 Å². The topological polar surface area (TPSA) is 64.6 Å². The predicted molar refractivity (Wildman–Crippen MR) is 105 cm³/mol. The minimum absolute atomic E-state index is 0.0566. The first-order chi connectivity index (χ1) is 12.8. The number of benzene rings is 2. The summed E-state index contributed by atoms with van der Waals surface area (Å²) in [6.07, 6.45) is 0.361. The molecule has 144 valence electrons. The molecule has 0 radical (unpaired) electrons. The van der Waals surface area contributed by atoms with Crippen molar-refractivity contribution >= 4 is 11.9 Å². The first-order valence-corrected chi connectivity index (χ1v) is 8.94. The highest BCUT2D eigenvalue weighted by molar-refractivity contribution is 5.85. The number of amides is 1. The van der Waals surface area contributed by atoms with Crippen LogP contribution in [0.25, 0.3) is 0 Å². The summed E-state index contributed by atoms with van der Waals surface area (Å²) < 4.78 is 10.3. The number of hydrogen-bond donors (Lipinski definition) is 1. The molecule has 0 bridgehead atoms. The van der Waals surface area contributed by atoms with E-state index >= 15 is 0 Å². The number of esters is 1. The number of methoxy groups -OCH3 is 1. The van der Waals surface area contributed by atoms with Gasteiger partial charge in [-0.05, 0) is 28.7 Å². The standard InChI is InChI=1S/C22H27NO4/c1-22(2,3)17-10-12-18(13-11-17)27-15-20(24)23-19(21(25)26-4)14-16-8-6-5-7-9-16/h5-13,19H,14-15H2,1-4H3,(H,23,24)/t19-/m1/s1. The Balaban J connectivity index is 1.92. The monoisotopic (exact) mass is 369 g/mol. The Hall–Kier alpha value is -2.82. The number of hydrogen-bond acceptors (Lipinski definition) is 4. The van der Waals surface area contributed by atoms with Crippen LogP contribution in [0.15, 0.2) is 54.6 Å². The molecule has 0 heterocycles. The molecule has 5 heteroatoms. The summed E-state index contributed by atoms with van der Waals surface area (Å²) in [6, 6.07) is 16.4. The molecule has 0 saturated carbocycles. The molecule has 0 fully saturated rings. The van der Waals surface area contributed by atoms with E-state index in [0.29, 0.717) is 12.2 Å². The Bertz CT molecular complexity index is 748. The van der Waals surface area contributed by atoms with Gasteiger partial charge in [0, 0.05) is 6.42 Å². The smallest absolute Gasteiger partial charge is 0.328 e. The van der Waals surface area contributed by atoms with Crippen molar-refractivity contribution in [2.24, 2.45) is 0 Å². The lowest BCUT2D eigenvalue weighted by Gasteiger charge is -2.19. The van der Waals surface area contributed by atoms with E-state index in [9.17, 15) is 9.59 Å². The van der Waals surface area contributed by atoms with Crippen molar-refractivity contribution in [2.45, 2.75) is 38.6 Å². The number of carbonyl (C=O) groups is 2. The van der Waals surface area contributed by atoms with Gasteiger partial charge in [0.1, 0.15) is 11.8 Å².